The number of pyridine rings is 1. The van der Waals surface area contributed by atoms with Crippen LogP contribution < -0.4 is 5.69 Å². The number of likely N-dealkylation sites (tertiary alicyclic amines) is 1. The quantitative estimate of drug-likeness (QED) is 0.445. The Morgan fingerprint density at radius 3 is 2.82 bits per heavy atom. The van der Waals surface area contributed by atoms with E-state index in [2.05, 4.69) is 22.2 Å². The van der Waals surface area contributed by atoms with Gasteiger partial charge in [-0.15, -0.1) is 5.10 Å². The molecule has 0 saturated carbocycles. The summed E-state index contributed by atoms with van der Waals surface area (Å²) in [6.07, 6.45) is 5.63. The SMILES string of the molecule is CCC1CCCCN1C(=O)Cn1nc2c(-c3nc(-c4ccc(Cl)cc4)no3)cccn2c1=O. The van der Waals surface area contributed by atoms with E-state index in [0.717, 1.165) is 37.8 Å². The fourth-order valence-corrected chi connectivity index (χ4v) is 4.46. The number of hydrogen-bond acceptors (Lipinski definition) is 6. The molecule has 1 aliphatic rings. The maximum Gasteiger partial charge on any atom is 0.350 e. The van der Waals surface area contributed by atoms with Gasteiger partial charge in [0.25, 0.3) is 5.89 Å². The molecule has 3 aromatic heterocycles. The predicted octanol–water partition coefficient (Wildman–Crippen LogP) is 3.66. The Morgan fingerprint density at radius 2 is 2.03 bits per heavy atom. The third-order valence-electron chi connectivity index (χ3n) is 6.07. The van der Waals surface area contributed by atoms with Gasteiger partial charge in [-0.05, 0) is 62.1 Å². The molecule has 1 amide bonds. The van der Waals surface area contributed by atoms with Gasteiger partial charge in [-0.3, -0.25) is 4.79 Å². The van der Waals surface area contributed by atoms with E-state index in [9.17, 15) is 9.59 Å². The molecular weight excluding hydrogens is 444 g/mol. The van der Waals surface area contributed by atoms with Crippen molar-refractivity contribution in [1.82, 2.24) is 29.2 Å². The highest BCUT2D eigenvalue weighted by Crippen LogP contribution is 2.25. The van der Waals surface area contributed by atoms with Crippen LogP contribution in [0.4, 0.5) is 0 Å². The van der Waals surface area contributed by atoms with Gasteiger partial charge in [-0.2, -0.15) is 4.98 Å². The van der Waals surface area contributed by atoms with Crippen LogP contribution in [0, 0.1) is 0 Å². The number of piperidine rings is 1. The third-order valence-corrected chi connectivity index (χ3v) is 6.32. The Balaban J connectivity index is 1.46. The van der Waals surface area contributed by atoms with Crippen LogP contribution in [0.3, 0.4) is 0 Å². The maximum absolute atomic E-state index is 13.0. The first-order valence-corrected chi connectivity index (χ1v) is 11.4. The minimum atomic E-state index is -0.386. The minimum Gasteiger partial charge on any atom is -0.338 e. The summed E-state index contributed by atoms with van der Waals surface area (Å²) >= 11 is 5.95. The molecule has 10 heteroatoms. The lowest BCUT2D eigenvalue weighted by Crippen LogP contribution is -2.45. The number of carbonyl (C=O) groups is 1. The zero-order valence-electron chi connectivity index (χ0n) is 18.1. The van der Waals surface area contributed by atoms with E-state index in [4.69, 9.17) is 16.1 Å². The number of benzene rings is 1. The van der Waals surface area contributed by atoms with Crippen molar-refractivity contribution in [3.8, 4) is 22.8 Å². The fraction of sp³-hybridized carbons (Fsp3) is 0.348. The van der Waals surface area contributed by atoms with Crippen LogP contribution in [0.1, 0.15) is 32.6 Å². The van der Waals surface area contributed by atoms with Gasteiger partial charge in [0.2, 0.25) is 11.7 Å². The summed E-state index contributed by atoms with van der Waals surface area (Å²) in [5.74, 6) is 0.545. The number of rotatable bonds is 5. The minimum absolute atomic E-state index is 0.0866. The molecule has 1 unspecified atom stereocenters. The molecule has 4 aromatic rings. The van der Waals surface area contributed by atoms with Gasteiger partial charge in [-0.1, -0.05) is 23.7 Å². The Labute approximate surface area is 194 Å². The summed E-state index contributed by atoms with van der Waals surface area (Å²) in [7, 11) is 0. The first kappa shape index (κ1) is 21.4. The maximum atomic E-state index is 13.0. The third kappa shape index (κ3) is 4.04. The second-order valence-corrected chi connectivity index (χ2v) is 8.57. The van der Waals surface area contributed by atoms with E-state index < -0.39 is 0 Å². The first-order valence-electron chi connectivity index (χ1n) is 11.0. The number of fused-ring (bicyclic) bond motifs is 1. The van der Waals surface area contributed by atoms with Crippen molar-refractivity contribution in [3.05, 3.63) is 58.1 Å². The lowest BCUT2D eigenvalue weighted by molar-refractivity contribution is -0.135. The van der Waals surface area contributed by atoms with Crippen LogP contribution in [0.25, 0.3) is 28.5 Å². The lowest BCUT2D eigenvalue weighted by Gasteiger charge is -2.35. The lowest BCUT2D eigenvalue weighted by atomic mass is 10.00. The molecule has 5 rings (SSSR count). The van der Waals surface area contributed by atoms with Crippen molar-refractivity contribution in [2.24, 2.45) is 0 Å². The zero-order valence-corrected chi connectivity index (χ0v) is 18.9. The topological polar surface area (TPSA) is 98.5 Å². The van der Waals surface area contributed by atoms with E-state index in [-0.39, 0.29) is 30.1 Å². The molecule has 0 N–H and O–H groups in total. The van der Waals surface area contributed by atoms with Crippen LogP contribution in [-0.2, 0) is 11.3 Å². The van der Waals surface area contributed by atoms with E-state index in [1.807, 2.05) is 4.90 Å². The van der Waals surface area contributed by atoms with Crippen molar-refractivity contribution in [1.29, 1.82) is 0 Å². The van der Waals surface area contributed by atoms with Crippen LogP contribution in [0.5, 0.6) is 0 Å². The fourth-order valence-electron chi connectivity index (χ4n) is 4.33. The standard InChI is InChI=1S/C23H23ClN6O3/c1-2-17-6-3-4-12-28(17)19(31)14-30-23(32)29-13-5-7-18(21(29)26-30)22-25-20(27-33-22)15-8-10-16(24)11-9-15/h5,7-11,13,17H,2-4,6,12,14H2,1H3. The summed E-state index contributed by atoms with van der Waals surface area (Å²) in [6.45, 7) is 2.71. The molecule has 0 radical (unpaired) electrons. The molecule has 0 spiro atoms. The average molecular weight is 467 g/mol. The molecule has 1 aliphatic heterocycles. The van der Waals surface area contributed by atoms with Crippen LogP contribution in [0.15, 0.2) is 51.9 Å². The number of carbonyl (C=O) groups excluding carboxylic acids is 1. The van der Waals surface area contributed by atoms with Crippen molar-refractivity contribution in [2.45, 2.75) is 45.2 Å². The molecule has 1 saturated heterocycles. The van der Waals surface area contributed by atoms with Gasteiger partial charge in [0.05, 0.1) is 5.56 Å². The van der Waals surface area contributed by atoms with Crippen LogP contribution in [-0.4, -0.2) is 47.7 Å². The highest BCUT2D eigenvalue weighted by Gasteiger charge is 2.26. The molecule has 4 heterocycles. The average Bonchev–Trinajstić information content (AvgIpc) is 3.45. The number of amides is 1. The van der Waals surface area contributed by atoms with Crippen molar-refractivity contribution in [3.63, 3.8) is 0 Å². The van der Waals surface area contributed by atoms with Crippen LogP contribution >= 0.6 is 11.6 Å². The van der Waals surface area contributed by atoms with E-state index in [0.29, 0.717) is 22.1 Å². The van der Waals surface area contributed by atoms with E-state index in [1.165, 1.54) is 9.08 Å². The molecule has 1 fully saturated rings. The number of nitrogens with zero attached hydrogens (tertiary/aromatic N) is 6. The molecule has 0 bridgehead atoms. The molecule has 9 nitrogen and oxygen atoms in total. The van der Waals surface area contributed by atoms with Crippen molar-refractivity contribution in [2.75, 3.05) is 6.54 Å². The predicted molar refractivity (Wildman–Crippen MR) is 123 cm³/mol. The Morgan fingerprint density at radius 1 is 1.21 bits per heavy atom. The van der Waals surface area contributed by atoms with Gasteiger partial charge >= 0.3 is 5.69 Å². The Hall–Kier alpha value is -3.46. The summed E-state index contributed by atoms with van der Waals surface area (Å²) in [5.41, 5.74) is 1.23. The van der Waals surface area contributed by atoms with Gasteiger partial charge in [0, 0.05) is 29.4 Å². The summed E-state index contributed by atoms with van der Waals surface area (Å²) in [6, 6.07) is 10.8. The summed E-state index contributed by atoms with van der Waals surface area (Å²) < 4.78 is 8.06. The largest absolute Gasteiger partial charge is 0.350 e. The van der Waals surface area contributed by atoms with Gasteiger partial charge in [0.1, 0.15) is 6.54 Å². The summed E-state index contributed by atoms with van der Waals surface area (Å²) in [4.78, 5) is 32.3. The molecule has 170 valence electrons. The monoisotopic (exact) mass is 466 g/mol. The number of halogens is 1. The zero-order chi connectivity index (χ0) is 22.9. The smallest absolute Gasteiger partial charge is 0.338 e. The first-order chi connectivity index (χ1) is 16.0. The normalized spacial score (nSPS) is 16.4. The molecule has 1 aromatic carbocycles. The van der Waals surface area contributed by atoms with Gasteiger partial charge < -0.3 is 9.42 Å². The second kappa shape index (κ2) is 8.82. The van der Waals surface area contributed by atoms with E-state index in [1.54, 1.807) is 42.6 Å². The van der Waals surface area contributed by atoms with Crippen molar-refractivity contribution >= 4 is 23.2 Å². The molecule has 0 aliphatic carbocycles. The number of hydrogen-bond donors (Lipinski definition) is 0. The Kier molecular flexibility index (Phi) is 5.72. The Bertz CT molecular complexity index is 1360. The summed E-state index contributed by atoms with van der Waals surface area (Å²) in [5, 5.41) is 9.10. The highest BCUT2D eigenvalue weighted by atomic mass is 35.5. The molecule has 33 heavy (non-hydrogen) atoms. The van der Waals surface area contributed by atoms with Gasteiger partial charge in [-0.25, -0.2) is 13.9 Å². The van der Waals surface area contributed by atoms with Crippen molar-refractivity contribution < 1.29 is 9.32 Å². The highest BCUT2D eigenvalue weighted by molar-refractivity contribution is 6.30. The molecular formula is C23H23ClN6O3. The number of aromatic nitrogens is 5. The molecule has 1 atom stereocenters. The second-order valence-electron chi connectivity index (χ2n) is 8.13. The van der Waals surface area contributed by atoms with E-state index >= 15 is 0 Å². The van der Waals surface area contributed by atoms with Crippen LogP contribution in [0.2, 0.25) is 5.02 Å². The van der Waals surface area contributed by atoms with Gasteiger partial charge in [0.15, 0.2) is 5.65 Å².